The van der Waals surface area contributed by atoms with Crippen LogP contribution in [0.15, 0.2) is 36.7 Å². The second-order valence-electron chi connectivity index (χ2n) is 4.71. The molecule has 0 spiro atoms. The van der Waals surface area contributed by atoms with Crippen LogP contribution in [0.5, 0.6) is 0 Å². The highest BCUT2D eigenvalue weighted by atomic mass is 16.3. The Bertz CT molecular complexity index is 581. The highest BCUT2D eigenvalue weighted by Gasteiger charge is 2.27. The Morgan fingerprint density at radius 3 is 2.60 bits per heavy atom. The summed E-state index contributed by atoms with van der Waals surface area (Å²) < 4.78 is 0. The molecule has 7 nitrogen and oxygen atoms in total. The highest BCUT2D eigenvalue weighted by Crippen LogP contribution is 2.14. The number of hydrogen-bond acceptors (Lipinski definition) is 5. The van der Waals surface area contributed by atoms with Crippen LogP contribution in [-0.2, 0) is 4.79 Å². The molecule has 2 atom stereocenters. The van der Waals surface area contributed by atoms with Crippen LogP contribution in [0, 0.1) is 0 Å². The number of nitrogens with one attached hydrogen (secondary N) is 2. The minimum absolute atomic E-state index is 0.133. The number of anilines is 1. The zero-order valence-corrected chi connectivity index (χ0v) is 10.7. The third-order valence-electron chi connectivity index (χ3n) is 3.21. The molecule has 1 amide bonds. The molecule has 104 valence electrons. The molecule has 3 rings (SSSR count). The number of hydrogen-bond donors (Lipinski definition) is 3. The quantitative estimate of drug-likeness (QED) is 0.728. The Balaban J connectivity index is 1.65. The summed E-state index contributed by atoms with van der Waals surface area (Å²) in [6.07, 6.45) is 3.21. The number of β-amino-alcohol motifs (C(OH)–C–C–N with tert-alkyl or cyclic N) is 1. The van der Waals surface area contributed by atoms with Crippen molar-refractivity contribution in [1.29, 1.82) is 0 Å². The molecule has 0 aliphatic carbocycles. The molecule has 1 aliphatic heterocycles. The van der Waals surface area contributed by atoms with Gasteiger partial charge in [0.15, 0.2) is 0 Å². The highest BCUT2D eigenvalue weighted by molar-refractivity contribution is 5.95. The second kappa shape index (κ2) is 5.40. The molecule has 1 saturated heterocycles. The number of carbonyl (C=O) groups excluding carboxylic acids is 1. The summed E-state index contributed by atoms with van der Waals surface area (Å²) in [7, 11) is 0. The van der Waals surface area contributed by atoms with Crippen LogP contribution in [-0.4, -0.2) is 44.7 Å². The van der Waals surface area contributed by atoms with Gasteiger partial charge in [0.2, 0.25) is 5.91 Å². The molecule has 0 radical (unpaired) electrons. The number of aliphatic hydroxyl groups is 1. The summed E-state index contributed by atoms with van der Waals surface area (Å²) in [5.41, 5.74) is 1.52. The van der Waals surface area contributed by atoms with Gasteiger partial charge in [0, 0.05) is 12.2 Å². The van der Waals surface area contributed by atoms with Crippen LogP contribution in [0.1, 0.15) is 6.42 Å². The largest absolute Gasteiger partial charge is 0.392 e. The maximum atomic E-state index is 12.0. The topological polar surface area (TPSA) is 92.1 Å². The van der Waals surface area contributed by atoms with Crippen molar-refractivity contribution in [2.75, 3.05) is 11.9 Å². The molecule has 2 heterocycles. The third kappa shape index (κ3) is 2.68. The van der Waals surface area contributed by atoms with E-state index in [-0.39, 0.29) is 11.9 Å². The van der Waals surface area contributed by atoms with E-state index >= 15 is 0 Å². The summed E-state index contributed by atoms with van der Waals surface area (Å²) in [6, 6.07) is 6.90. The first-order valence-electron chi connectivity index (χ1n) is 6.41. The lowest BCUT2D eigenvalue weighted by Crippen LogP contribution is -2.35. The number of aliphatic hydroxyl groups excluding tert-OH is 1. The van der Waals surface area contributed by atoms with Gasteiger partial charge >= 0.3 is 0 Å². The van der Waals surface area contributed by atoms with Crippen molar-refractivity contribution < 1.29 is 9.90 Å². The van der Waals surface area contributed by atoms with Crippen molar-refractivity contribution in [3.8, 4) is 5.69 Å². The van der Waals surface area contributed by atoms with Crippen molar-refractivity contribution in [3.05, 3.63) is 36.7 Å². The van der Waals surface area contributed by atoms with E-state index in [0.29, 0.717) is 18.7 Å². The average Bonchev–Trinajstić information content (AvgIpc) is 3.10. The zero-order valence-electron chi connectivity index (χ0n) is 10.7. The molecular formula is C13H15N5O2. The van der Waals surface area contributed by atoms with Gasteiger partial charge in [-0.25, -0.2) is 0 Å². The number of nitrogens with zero attached hydrogens (tertiary/aromatic N) is 3. The van der Waals surface area contributed by atoms with Gasteiger partial charge in [0.25, 0.3) is 0 Å². The summed E-state index contributed by atoms with van der Waals surface area (Å²) in [5.74, 6) is -0.133. The normalized spacial score (nSPS) is 21.9. The van der Waals surface area contributed by atoms with Gasteiger partial charge in [-0.2, -0.15) is 15.0 Å². The van der Waals surface area contributed by atoms with Crippen molar-refractivity contribution in [2.24, 2.45) is 0 Å². The molecule has 2 aromatic rings. The minimum atomic E-state index is -0.445. The van der Waals surface area contributed by atoms with Gasteiger partial charge in [-0.05, 0) is 30.7 Å². The predicted molar refractivity (Wildman–Crippen MR) is 72.4 cm³/mol. The van der Waals surface area contributed by atoms with Crippen LogP contribution in [0.4, 0.5) is 5.69 Å². The van der Waals surface area contributed by atoms with Gasteiger partial charge in [-0.1, -0.05) is 0 Å². The summed E-state index contributed by atoms with van der Waals surface area (Å²) in [6.45, 7) is 0.460. The van der Waals surface area contributed by atoms with Crippen molar-refractivity contribution in [1.82, 2.24) is 20.3 Å². The standard InChI is InChI=1S/C13H15N5O2/c19-11-7-12(14-8-11)13(20)17-9-1-3-10(4-2-9)18-15-5-6-16-18/h1-6,11-12,14,19H,7-8H2,(H,17,20). The molecule has 20 heavy (non-hydrogen) atoms. The molecule has 0 bridgehead atoms. The van der Waals surface area contributed by atoms with Crippen molar-refractivity contribution >= 4 is 11.6 Å². The summed E-state index contributed by atoms with van der Waals surface area (Å²) >= 11 is 0. The first kappa shape index (κ1) is 12.8. The molecule has 2 unspecified atom stereocenters. The molecule has 0 saturated carbocycles. The molecule has 3 N–H and O–H groups in total. The second-order valence-corrected chi connectivity index (χ2v) is 4.71. The van der Waals surface area contributed by atoms with Gasteiger partial charge in [0.05, 0.1) is 30.2 Å². The molecule has 1 aromatic carbocycles. The van der Waals surface area contributed by atoms with E-state index in [1.165, 1.54) is 4.80 Å². The van der Waals surface area contributed by atoms with E-state index in [9.17, 15) is 9.90 Å². The number of benzene rings is 1. The lowest BCUT2D eigenvalue weighted by Gasteiger charge is -2.11. The number of aromatic nitrogens is 3. The van der Waals surface area contributed by atoms with E-state index in [1.807, 2.05) is 12.1 Å². The van der Waals surface area contributed by atoms with Crippen molar-refractivity contribution in [3.63, 3.8) is 0 Å². The van der Waals surface area contributed by atoms with Gasteiger partial charge < -0.3 is 15.7 Å². The minimum Gasteiger partial charge on any atom is -0.392 e. The monoisotopic (exact) mass is 273 g/mol. The van der Waals surface area contributed by atoms with Crippen LogP contribution in [0.3, 0.4) is 0 Å². The lowest BCUT2D eigenvalue weighted by atomic mass is 10.2. The molecule has 1 fully saturated rings. The van der Waals surface area contributed by atoms with Gasteiger partial charge in [-0.3, -0.25) is 4.79 Å². The molecule has 1 aliphatic rings. The van der Waals surface area contributed by atoms with E-state index in [4.69, 9.17) is 0 Å². The van der Waals surface area contributed by atoms with Crippen LogP contribution in [0.2, 0.25) is 0 Å². The van der Waals surface area contributed by atoms with Gasteiger partial charge in [0.1, 0.15) is 0 Å². The fraction of sp³-hybridized carbons (Fsp3) is 0.308. The molecule has 1 aromatic heterocycles. The Morgan fingerprint density at radius 2 is 2.00 bits per heavy atom. The Morgan fingerprint density at radius 1 is 1.30 bits per heavy atom. The summed E-state index contributed by atoms with van der Waals surface area (Å²) in [5, 5.41) is 23.2. The van der Waals surface area contributed by atoms with E-state index in [1.54, 1.807) is 24.5 Å². The summed E-state index contributed by atoms with van der Waals surface area (Å²) in [4.78, 5) is 13.5. The van der Waals surface area contributed by atoms with E-state index in [0.717, 1.165) is 5.69 Å². The fourth-order valence-corrected chi connectivity index (χ4v) is 2.17. The predicted octanol–water partition coefficient (Wildman–Crippen LogP) is -0.0714. The molecule has 7 heteroatoms. The Hall–Kier alpha value is -2.25. The van der Waals surface area contributed by atoms with Crippen molar-refractivity contribution in [2.45, 2.75) is 18.6 Å². The average molecular weight is 273 g/mol. The first-order chi connectivity index (χ1) is 9.72. The van der Waals surface area contributed by atoms with Crippen LogP contribution in [0.25, 0.3) is 5.69 Å². The van der Waals surface area contributed by atoms with Crippen LogP contribution >= 0.6 is 0 Å². The first-order valence-corrected chi connectivity index (χ1v) is 6.41. The lowest BCUT2D eigenvalue weighted by molar-refractivity contribution is -0.117. The van der Waals surface area contributed by atoms with Crippen LogP contribution < -0.4 is 10.6 Å². The third-order valence-corrected chi connectivity index (χ3v) is 3.21. The van der Waals surface area contributed by atoms with Gasteiger partial charge in [-0.15, -0.1) is 0 Å². The fourth-order valence-electron chi connectivity index (χ4n) is 2.17. The number of amides is 1. The smallest absolute Gasteiger partial charge is 0.241 e. The number of carbonyl (C=O) groups is 1. The zero-order chi connectivity index (χ0) is 13.9. The SMILES string of the molecule is O=C(Nc1ccc(-n2nccn2)cc1)C1CC(O)CN1. The maximum Gasteiger partial charge on any atom is 0.241 e. The Labute approximate surface area is 115 Å². The maximum absolute atomic E-state index is 12.0. The van der Waals surface area contributed by atoms with E-state index in [2.05, 4.69) is 20.8 Å². The Kier molecular flexibility index (Phi) is 3.44. The molecular weight excluding hydrogens is 258 g/mol. The van der Waals surface area contributed by atoms with E-state index < -0.39 is 6.10 Å². The number of rotatable bonds is 3.